The number of halogens is 2. The van der Waals surface area contributed by atoms with E-state index in [0.29, 0.717) is 0 Å². The van der Waals surface area contributed by atoms with Crippen LogP contribution in [-0.4, -0.2) is 0 Å². The molecule has 0 rings (SSSR count). The van der Waals surface area contributed by atoms with Crippen molar-refractivity contribution in [3.8, 4) is 0 Å². The predicted octanol–water partition coefficient (Wildman–Crippen LogP) is -2.71. The van der Waals surface area contributed by atoms with E-state index in [0.717, 1.165) is 6.42 Å². The second kappa shape index (κ2) is 30.3. The van der Waals surface area contributed by atoms with Gasteiger partial charge < -0.3 is 19.3 Å². The summed E-state index contributed by atoms with van der Waals surface area (Å²) < 4.78 is 0. The Morgan fingerprint density at radius 3 is 1.80 bits per heavy atom. The molecule has 0 aliphatic rings. The molecule has 0 saturated carbocycles. The molecule has 0 aromatic rings. The van der Waals surface area contributed by atoms with Gasteiger partial charge in [0.1, 0.15) is 0 Å². The van der Waals surface area contributed by atoms with E-state index in [1.807, 2.05) is 0 Å². The summed E-state index contributed by atoms with van der Waals surface area (Å²) >= 11 is 3.62. The van der Waals surface area contributed by atoms with E-state index in [1.54, 1.807) is 0 Å². The summed E-state index contributed by atoms with van der Waals surface area (Å²) in [7, 11) is 0. The molecule has 0 nitrogen and oxygen atoms in total. The van der Waals surface area contributed by atoms with Crippen LogP contribution in [0.3, 0.4) is 0 Å². The molecule has 0 N–H and O–H groups in total. The summed E-state index contributed by atoms with van der Waals surface area (Å²) in [4.78, 5) is 0. The normalized spacial score (nSPS) is 6.10. The van der Waals surface area contributed by atoms with Crippen molar-refractivity contribution in [2.45, 2.75) is 32.6 Å². The Balaban J connectivity index is -0.0000000412. The third-order valence-electron chi connectivity index (χ3n) is 0.854. The molecule has 0 aromatic heterocycles. The molecule has 0 spiro atoms. The van der Waals surface area contributed by atoms with Crippen LogP contribution in [0.25, 0.3) is 0 Å². The molecule has 0 fully saturated rings. The molecule has 0 amide bonds. The summed E-state index contributed by atoms with van der Waals surface area (Å²) in [6, 6.07) is 0. The fourth-order valence-electron chi connectivity index (χ4n) is 0.427. The van der Waals surface area contributed by atoms with Gasteiger partial charge in [-0.15, -0.1) is 0 Å². The van der Waals surface area contributed by atoms with Crippen molar-refractivity contribution >= 4 is 19.8 Å². The van der Waals surface area contributed by atoms with Crippen molar-refractivity contribution in [2.24, 2.45) is 0 Å². The van der Waals surface area contributed by atoms with Crippen LogP contribution in [0.4, 0.5) is 0 Å². The van der Waals surface area contributed by atoms with E-state index < -0.39 is 0 Å². The van der Waals surface area contributed by atoms with Gasteiger partial charge in [-0.2, -0.15) is 6.42 Å². The standard InChI is InChI=1S/C6H13.ClH.HI.Li.Zn/c1-3-5-6-4-2;;;;/h1,3-6H2,2H3;2*1H;;/q-1;;;+1;+2/p-2. The second-order valence-electron chi connectivity index (χ2n) is 1.56. The number of unbranched alkanes of at least 4 members (excludes halogenated alkanes) is 3. The Hall–Kier alpha value is 2.24. The van der Waals surface area contributed by atoms with E-state index in [9.17, 15) is 0 Å². The van der Waals surface area contributed by atoms with Gasteiger partial charge in [-0.05, 0) is 0 Å². The maximum atomic E-state index is 3.72. The molecular formula is C6H13ClILiZn. The molecule has 54 valence electrons. The van der Waals surface area contributed by atoms with Crippen molar-refractivity contribution in [1.29, 1.82) is 0 Å². The molecule has 0 aliphatic carbocycles. The molecule has 10 heavy (non-hydrogen) atoms. The van der Waals surface area contributed by atoms with E-state index in [1.165, 1.54) is 34.1 Å². The minimum atomic E-state index is 0. The van der Waals surface area contributed by atoms with Gasteiger partial charge in [0.25, 0.3) is 0 Å². The zero-order valence-corrected chi connectivity index (χ0v) is 12.9. The van der Waals surface area contributed by atoms with Crippen molar-refractivity contribution in [3.63, 3.8) is 0 Å². The molecule has 0 aliphatic heterocycles. The average molecular weight is 320 g/mol. The molecule has 0 saturated heterocycles. The fourth-order valence-corrected chi connectivity index (χ4v) is 0.427. The topological polar surface area (TPSA) is 0 Å². The first-order valence-electron chi connectivity index (χ1n) is 2.97. The van der Waals surface area contributed by atoms with Gasteiger partial charge in [-0.1, -0.05) is 26.2 Å². The molecule has 0 unspecified atom stereocenters. The molecule has 4 heteroatoms. The zero-order valence-electron chi connectivity index (χ0n) is 7.00. The Kier molecular flexibility index (Phi) is 68.9. The van der Waals surface area contributed by atoms with Crippen LogP contribution in [0.2, 0.25) is 0 Å². The third kappa shape index (κ3) is 31.8. The van der Waals surface area contributed by atoms with Crippen LogP contribution in [-0.2, 0) is 14.8 Å². The van der Waals surface area contributed by atoms with Crippen molar-refractivity contribution in [2.75, 3.05) is 0 Å². The van der Waals surface area contributed by atoms with Gasteiger partial charge in [0.15, 0.2) is 0 Å². The minimum absolute atomic E-state index is 0. The Morgan fingerprint density at radius 1 is 1.30 bits per heavy atom. The van der Waals surface area contributed by atoms with Gasteiger partial charge in [0.05, 0.1) is 0 Å². The number of hydrogen-bond donors (Lipinski definition) is 0. The van der Waals surface area contributed by atoms with Crippen LogP contribution in [0.15, 0.2) is 0 Å². The monoisotopic (exact) mass is 318 g/mol. The van der Waals surface area contributed by atoms with Crippen molar-refractivity contribution in [3.05, 3.63) is 6.92 Å². The summed E-state index contributed by atoms with van der Waals surface area (Å²) in [5.74, 6) is 0. The van der Waals surface area contributed by atoms with Gasteiger partial charge in [-0.3, -0.25) is 0 Å². The molecule has 0 bridgehead atoms. The van der Waals surface area contributed by atoms with Gasteiger partial charge in [-0.25, -0.2) is 0 Å². The van der Waals surface area contributed by atoms with Crippen LogP contribution in [0.5, 0.6) is 0 Å². The SMILES string of the molecule is [CH2-]CCCCC.[Cl-].[Li+].[Zn+][I]. The number of hydrogen-bond acceptors (Lipinski definition) is 0. The van der Waals surface area contributed by atoms with E-state index in [2.05, 4.69) is 33.6 Å². The first kappa shape index (κ1) is 22.8. The van der Waals surface area contributed by atoms with Crippen molar-refractivity contribution < 1.29 is 46.1 Å². The van der Waals surface area contributed by atoms with Gasteiger partial charge >= 0.3 is 53.4 Å². The van der Waals surface area contributed by atoms with Gasteiger partial charge in [0.2, 0.25) is 0 Å². The average Bonchev–Trinajstić information content (AvgIpc) is 1.88. The predicted molar refractivity (Wildman–Crippen MR) is 43.5 cm³/mol. The maximum absolute atomic E-state index is 3.72. The Morgan fingerprint density at radius 2 is 1.70 bits per heavy atom. The molecule has 0 heterocycles. The Labute approximate surface area is 104 Å². The number of rotatable bonds is 3. The first-order valence-corrected chi connectivity index (χ1v) is 12.0. The summed E-state index contributed by atoms with van der Waals surface area (Å²) in [6.45, 7) is 5.93. The van der Waals surface area contributed by atoms with E-state index in [-0.39, 0.29) is 31.3 Å². The third-order valence-corrected chi connectivity index (χ3v) is 0.854. The summed E-state index contributed by atoms with van der Waals surface area (Å²) in [5.41, 5.74) is 0. The second-order valence-corrected chi connectivity index (χ2v) is 1.56. The zero-order chi connectivity index (χ0) is 6.83. The molecule has 0 aromatic carbocycles. The fraction of sp³-hybridized carbons (Fsp3) is 0.833. The van der Waals surface area contributed by atoms with Gasteiger partial charge in [0, 0.05) is 0 Å². The molecule has 0 radical (unpaired) electrons. The van der Waals surface area contributed by atoms with Crippen LogP contribution in [0, 0.1) is 6.92 Å². The summed E-state index contributed by atoms with van der Waals surface area (Å²) in [6.07, 6.45) is 5.07. The van der Waals surface area contributed by atoms with Crippen LogP contribution in [0.1, 0.15) is 32.6 Å². The molecule has 0 atom stereocenters. The van der Waals surface area contributed by atoms with E-state index in [4.69, 9.17) is 0 Å². The quantitative estimate of drug-likeness (QED) is 0.230. The molecular weight excluding hydrogens is 307 g/mol. The Bertz CT molecular complexity index is 29.7. The summed E-state index contributed by atoms with van der Waals surface area (Å²) in [5, 5.41) is 0. The van der Waals surface area contributed by atoms with Crippen LogP contribution < -0.4 is 31.3 Å². The van der Waals surface area contributed by atoms with Crippen molar-refractivity contribution in [1.82, 2.24) is 0 Å². The first-order chi connectivity index (χ1) is 3.91. The van der Waals surface area contributed by atoms with Crippen LogP contribution >= 0.6 is 19.8 Å². The van der Waals surface area contributed by atoms with E-state index >= 15 is 0 Å².